The number of pyridine rings is 1. The van der Waals surface area contributed by atoms with E-state index in [1.165, 1.54) is 0 Å². The van der Waals surface area contributed by atoms with E-state index < -0.39 is 10.8 Å². The Morgan fingerprint density at radius 2 is 1.83 bits per heavy atom. The number of aromatic nitrogens is 1. The van der Waals surface area contributed by atoms with E-state index in [1.807, 2.05) is 32.9 Å². The summed E-state index contributed by atoms with van der Waals surface area (Å²) >= 11 is 0. The molecule has 96 valence electrons. The molecule has 0 bridgehead atoms. The highest BCUT2D eigenvalue weighted by atomic mass is 16.2. The first kappa shape index (κ1) is 12.7. The Kier molecular flexibility index (Phi) is 2.97. The van der Waals surface area contributed by atoms with Crippen LogP contribution >= 0.6 is 0 Å². The molecule has 1 fully saturated rings. The van der Waals surface area contributed by atoms with Crippen molar-refractivity contribution in [1.82, 2.24) is 10.3 Å². The summed E-state index contributed by atoms with van der Waals surface area (Å²) in [4.78, 5) is 28.1. The SMILES string of the molecule is CCC1(c2ccncc2)CC(C)(C)C(=O)NC1=O. The number of imide groups is 1. The van der Waals surface area contributed by atoms with Gasteiger partial charge in [0.25, 0.3) is 0 Å². The number of hydrogen-bond acceptors (Lipinski definition) is 3. The summed E-state index contributed by atoms with van der Waals surface area (Å²) in [5.74, 6) is -0.383. The van der Waals surface area contributed by atoms with Crippen molar-refractivity contribution >= 4 is 11.8 Å². The van der Waals surface area contributed by atoms with E-state index in [0.29, 0.717) is 12.8 Å². The van der Waals surface area contributed by atoms with Crippen molar-refractivity contribution in [2.75, 3.05) is 0 Å². The third-order valence-electron chi connectivity index (χ3n) is 3.86. The molecule has 1 N–H and O–H groups in total. The second-order valence-corrected chi connectivity index (χ2v) is 5.52. The van der Waals surface area contributed by atoms with Crippen LogP contribution in [0.2, 0.25) is 0 Å². The van der Waals surface area contributed by atoms with E-state index in [2.05, 4.69) is 10.3 Å². The minimum absolute atomic E-state index is 0.189. The number of nitrogens with one attached hydrogen (secondary N) is 1. The lowest BCUT2D eigenvalue weighted by Crippen LogP contribution is -2.58. The first-order valence-corrected chi connectivity index (χ1v) is 6.19. The van der Waals surface area contributed by atoms with E-state index in [-0.39, 0.29) is 11.8 Å². The molecule has 4 heteroatoms. The van der Waals surface area contributed by atoms with E-state index in [9.17, 15) is 9.59 Å². The van der Waals surface area contributed by atoms with E-state index >= 15 is 0 Å². The van der Waals surface area contributed by atoms with Gasteiger partial charge in [0.05, 0.1) is 5.41 Å². The lowest BCUT2D eigenvalue weighted by molar-refractivity contribution is -0.145. The van der Waals surface area contributed by atoms with Crippen LogP contribution in [-0.2, 0) is 15.0 Å². The topological polar surface area (TPSA) is 59.1 Å². The predicted molar refractivity (Wildman–Crippen MR) is 67.8 cm³/mol. The van der Waals surface area contributed by atoms with Gasteiger partial charge in [0.2, 0.25) is 11.8 Å². The molecule has 0 aliphatic carbocycles. The zero-order valence-corrected chi connectivity index (χ0v) is 11.0. The average molecular weight is 246 g/mol. The summed E-state index contributed by atoms with van der Waals surface area (Å²) in [7, 11) is 0. The molecule has 0 aromatic carbocycles. The molecule has 1 aromatic rings. The Labute approximate surface area is 107 Å². The van der Waals surface area contributed by atoms with Crippen LogP contribution in [0.3, 0.4) is 0 Å². The molecule has 0 radical (unpaired) electrons. The molecule has 4 nitrogen and oxygen atoms in total. The van der Waals surface area contributed by atoms with Gasteiger partial charge in [0, 0.05) is 17.8 Å². The Hall–Kier alpha value is -1.71. The van der Waals surface area contributed by atoms with Crippen molar-refractivity contribution in [3.05, 3.63) is 30.1 Å². The second-order valence-electron chi connectivity index (χ2n) is 5.52. The van der Waals surface area contributed by atoms with Crippen LogP contribution in [0.4, 0.5) is 0 Å². The molecule has 1 unspecified atom stereocenters. The first-order chi connectivity index (χ1) is 8.42. The van der Waals surface area contributed by atoms with Crippen LogP contribution in [0.15, 0.2) is 24.5 Å². The van der Waals surface area contributed by atoms with Crippen molar-refractivity contribution in [3.8, 4) is 0 Å². The normalized spacial score (nSPS) is 26.8. The molecule has 2 amide bonds. The van der Waals surface area contributed by atoms with Gasteiger partial charge in [-0.1, -0.05) is 20.8 Å². The molecule has 1 aromatic heterocycles. The molecule has 0 spiro atoms. The lowest BCUT2D eigenvalue weighted by atomic mass is 9.64. The number of hydrogen-bond donors (Lipinski definition) is 1. The van der Waals surface area contributed by atoms with Gasteiger partial charge in [-0.15, -0.1) is 0 Å². The highest BCUT2D eigenvalue weighted by Crippen LogP contribution is 2.42. The molecule has 2 rings (SSSR count). The molecule has 0 saturated carbocycles. The summed E-state index contributed by atoms with van der Waals surface area (Å²) in [6, 6.07) is 3.71. The smallest absolute Gasteiger partial charge is 0.237 e. The largest absolute Gasteiger partial charge is 0.295 e. The molecule has 1 aliphatic rings. The van der Waals surface area contributed by atoms with Crippen LogP contribution in [0.5, 0.6) is 0 Å². The molecule has 2 heterocycles. The summed E-state index contributed by atoms with van der Waals surface area (Å²) in [5.41, 5.74) is -0.230. The molecule has 1 atom stereocenters. The summed E-state index contributed by atoms with van der Waals surface area (Å²) < 4.78 is 0. The lowest BCUT2D eigenvalue weighted by Gasteiger charge is -2.42. The third kappa shape index (κ3) is 1.82. The standard InChI is InChI=1S/C14H18N2O2/c1-4-14(10-5-7-15-8-6-10)9-13(2,3)11(17)16-12(14)18/h5-8H,4,9H2,1-3H3,(H,16,17,18). The average Bonchev–Trinajstić information content (AvgIpc) is 2.35. The molecular weight excluding hydrogens is 228 g/mol. The van der Waals surface area contributed by atoms with E-state index in [0.717, 1.165) is 5.56 Å². The van der Waals surface area contributed by atoms with Crippen molar-refractivity contribution in [1.29, 1.82) is 0 Å². The minimum Gasteiger partial charge on any atom is -0.295 e. The molecule has 1 saturated heterocycles. The Bertz CT molecular complexity index is 482. The van der Waals surface area contributed by atoms with Gasteiger partial charge in [0.1, 0.15) is 0 Å². The fourth-order valence-electron chi connectivity index (χ4n) is 2.70. The minimum atomic E-state index is -0.625. The van der Waals surface area contributed by atoms with Crippen molar-refractivity contribution in [3.63, 3.8) is 0 Å². The summed E-state index contributed by atoms with van der Waals surface area (Å²) in [5, 5.41) is 2.51. The summed E-state index contributed by atoms with van der Waals surface area (Å²) in [6.45, 7) is 5.73. The summed E-state index contributed by atoms with van der Waals surface area (Å²) in [6.07, 6.45) is 4.57. The number of nitrogens with zero attached hydrogens (tertiary/aromatic N) is 1. The van der Waals surface area contributed by atoms with Gasteiger partial charge in [-0.05, 0) is 30.5 Å². The van der Waals surface area contributed by atoms with Gasteiger partial charge in [-0.2, -0.15) is 0 Å². The Morgan fingerprint density at radius 1 is 1.22 bits per heavy atom. The Balaban J connectivity index is 2.50. The second kappa shape index (κ2) is 4.19. The highest BCUT2D eigenvalue weighted by molar-refractivity contribution is 6.05. The van der Waals surface area contributed by atoms with Gasteiger partial charge in [-0.25, -0.2) is 0 Å². The molecule has 18 heavy (non-hydrogen) atoms. The van der Waals surface area contributed by atoms with Crippen molar-refractivity contribution in [2.45, 2.75) is 39.0 Å². The zero-order chi connectivity index (χ0) is 13.4. The maximum atomic E-state index is 12.3. The van der Waals surface area contributed by atoms with Gasteiger partial charge in [0.15, 0.2) is 0 Å². The fraction of sp³-hybridized carbons (Fsp3) is 0.500. The van der Waals surface area contributed by atoms with Crippen LogP contribution in [0.1, 0.15) is 39.2 Å². The molecular formula is C14H18N2O2. The zero-order valence-electron chi connectivity index (χ0n) is 11.0. The van der Waals surface area contributed by atoms with Crippen LogP contribution in [-0.4, -0.2) is 16.8 Å². The number of rotatable bonds is 2. The van der Waals surface area contributed by atoms with E-state index in [1.54, 1.807) is 12.4 Å². The number of amides is 2. The first-order valence-electron chi connectivity index (χ1n) is 6.19. The number of piperidine rings is 1. The number of carbonyl (C=O) groups is 2. The number of carbonyl (C=O) groups excluding carboxylic acids is 2. The van der Waals surface area contributed by atoms with Gasteiger partial charge >= 0.3 is 0 Å². The van der Waals surface area contributed by atoms with Crippen molar-refractivity contribution in [2.24, 2.45) is 5.41 Å². The van der Waals surface area contributed by atoms with E-state index in [4.69, 9.17) is 0 Å². The third-order valence-corrected chi connectivity index (χ3v) is 3.86. The fourth-order valence-corrected chi connectivity index (χ4v) is 2.70. The van der Waals surface area contributed by atoms with Gasteiger partial charge in [-0.3, -0.25) is 19.9 Å². The maximum absolute atomic E-state index is 12.3. The van der Waals surface area contributed by atoms with Gasteiger partial charge < -0.3 is 0 Å². The van der Waals surface area contributed by atoms with Crippen LogP contribution in [0, 0.1) is 5.41 Å². The maximum Gasteiger partial charge on any atom is 0.237 e. The quantitative estimate of drug-likeness (QED) is 0.809. The van der Waals surface area contributed by atoms with Crippen molar-refractivity contribution < 1.29 is 9.59 Å². The van der Waals surface area contributed by atoms with Crippen LogP contribution in [0.25, 0.3) is 0 Å². The highest BCUT2D eigenvalue weighted by Gasteiger charge is 2.50. The Morgan fingerprint density at radius 3 is 2.39 bits per heavy atom. The molecule has 1 aliphatic heterocycles. The monoisotopic (exact) mass is 246 g/mol. The van der Waals surface area contributed by atoms with Crippen LogP contribution < -0.4 is 5.32 Å². The predicted octanol–water partition coefficient (Wildman–Crippen LogP) is 1.80.